The second kappa shape index (κ2) is 6.24. The molecule has 3 N–H and O–H groups in total. The largest absolute Gasteiger partial charge is 0.325 e. The molecule has 0 bridgehead atoms. The fourth-order valence-electron chi connectivity index (χ4n) is 1.36. The van der Waals surface area contributed by atoms with Gasteiger partial charge in [0, 0.05) is 5.69 Å². The number of hydrogen-bond acceptors (Lipinski definition) is 3. The maximum Gasteiger partial charge on any atom is 0.241 e. The molecule has 0 unspecified atom stereocenters. The number of hydrogen-bond donors (Lipinski definition) is 2. The molecule has 1 atom stereocenters. The molecule has 0 spiro atoms. The normalized spacial score (nSPS) is 11.6. The molecule has 17 heavy (non-hydrogen) atoms. The number of halogens is 1. The second-order valence-corrected chi connectivity index (χ2v) is 4.10. The zero-order chi connectivity index (χ0) is 12.8. The van der Waals surface area contributed by atoms with Gasteiger partial charge in [0.1, 0.15) is 6.07 Å². The number of amides is 1. The first-order valence-electron chi connectivity index (χ1n) is 5.34. The lowest BCUT2D eigenvalue weighted by Crippen LogP contribution is -2.35. The molecule has 0 aliphatic rings. The number of nitrogens with one attached hydrogen (secondary N) is 1. The van der Waals surface area contributed by atoms with Crippen LogP contribution in [0, 0.1) is 11.3 Å². The minimum absolute atomic E-state index is 0.243. The van der Waals surface area contributed by atoms with Crippen molar-refractivity contribution in [1.82, 2.24) is 0 Å². The lowest BCUT2D eigenvalue weighted by atomic mass is 10.1. The average Bonchev–Trinajstić information content (AvgIpc) is 2.29. The predicted molar refractivity (Wildman–Crippen MR) is 67.7 cm³/mol. The molecule has 5 heteroatoms. The molecule has 1 amide bonds. The van der Waals surface area contributed by atoms with Crippen molar-refractivity contribution >= 4 is 23.2 Å². The number of nitrogens with zero attached hydrogens (tertiary/aromatic N) is 1. The van der Waals surface area contributed by atoms with E-state index in [0.29, 0.717) is 22.7 Å². The van der Waals surface area contributed by atoms with Gasteiger partial charge in [0.25, 0.3) is 0 Å². The summed E-state index contributed by atoms with van der Waals surface area (Å²) in [6, 6.07) is 6.15. The van der Waals surface area contributed by atoms with E-state index < -0.39 is 6.04 Å². The van der Waals surface area contributed by atoms with Crippen molar-refractivity contribution in [3.63, 3.8) is 0 Å². The van der Waals surface area contributed by atoms with Crippen LogP contribution in [0.2, 0.25) is 5.02 Å². The molecule has 4 nitrogen and oxygen atoms in total. The summed E-state index contributed by atoms with van der Waals surface area (Å²) in [4.78, 5) is 11.6. The van der Waals surface area contributed by atoms with Crippen LogP contribution in [0.15, 0.2) is 18.2 Å². The van der Waals surface area contributed by atoms with Crippen LogP contribution >= 0.6 is 11.6 Å². The molecule has 0 heterocycles. The summed E-state index contributed by atoms with van der Waals surface area (Å²) >= 11 is 5.85. The zero-order valence-corrected chi connectivity index (χ0v) is 10.3. The number of carbonyl (C=O) groups excluding carboxylic acids is 1. The van der Waals surface area contributed by atoms with E-state index in [9.17, 15) is 4.79 Å². The van der Waals surface area contributed by atoms with Crippen LogP contribution in [0.5, 0.6) is 0 Å². The van der Waals surface area contributed by atoms with Crippen molar-refractivity contribution in [2.75, 3.05) is 5.32 Å². The Balaban J connectivity index is 2.73. The summed E-state index contributed by atoms with van der Waals surface area (Å²) in [5, 5.41) is 11.7. The van der Waals surface area contributed by atoms with Crippen molar-refractivity contribution < 1.29 is 4.79 Å². The van der Waals surface area contributed by atoms with Gasteiger partial charge in [-0.2, -0.15) is 5.26 Å². The zero-order valence-electron chi connectivity index (χ0n) is 9.53. The third-order valence-corrected chi connectivity index (χ3v) is 2.61. The van der Waals surface area contributed by atoms with Crippen molar-refractivity contribution in [1.29, 1.82) is 5.26 Å². The number of nitriles is 1. The van der Waals surface area contributed by atoms with Gasteiger partial charge in [-0.05, 0) is 24.6 Å². The standard InChI is InChI=1S/C12H14ClN3O/c1-2-3-11(15)12(17)16-9-5-4-8(7-14)10(13)6-9/h4-6,11H,2-3,15H2,1H3,(H,16,17)/t11-/m1/s1. The lowest BCUT2D eigenvalue weighted by molar-refractivity contribution is -0.117. The maximum atomic E-state index is 11.6. The third-order valence-electron chi connectivity index (χ3n) is 2.29. The fraction of sp³-hybridized carbons (Fsp3) is 0.333. The minimum atomic E-state index is -0.519. The SMILES string of the molecule is CCC[C@@H](N)C(=O)Nc1ccc(C#N)c(Cl)c1. The highest BCUT2D eigenvalue weighted by molar-refractivity contribution is 6.32. The summed E-state index contributed by atoms with van der Waals surface area (Å²) < 4.78 is 0. The Morgan fingerprint density at radius 3 is 2.88 bits per heavy atom. The molecule has 0 saturated heterocycles. The smallest absolute Gasteiger partial charge is 0.241 e. The molecule has 0 aromatic heterocycles. The number of rotatable bonds is 4. The van der Waals surface area contributed by atoms with E-state index in [1.807, 2.05) is 13.0 Å². The molecule has 0 saturated carbocycles. The van der Waals surface area contributed by atoms with E-state index in [4.69, 9.17) is 22.6 Å². The number of carbonyl (C=O) groups is 1. The summed E-state index contributed by atoms with van der Waals surface area (Å²) in [6.07, 6.45) is 1.48. The van der Waals surface area contributed by atoms with Gasteiger partial charge in [0.2, 0.25) is 5.91 Å². The number of anilines is 1. The molecule has 0 aliphatic heterocycles. The van der Waals surface area contributed by atoms with Crippen molar-refractivity contribution in [3.05, 3.63) is 28.8 Å². The van der Waals surface area contributed by atoms with Gasteiger partial charge in [-0.3, -0.25) is 4.79 Å². The molecule has 1 aromatic rings. The van der Waals surface area contributed by atoms with E-state index in [-0.39, 0.29) is 5.91 Å². The Hall–Kier alpha value is -1.57. The maximum absolute atomic E-state index is 11.6. The Labute approximate surface area is 105 Å². The highest BCUT2D eigenvalue weighted by atomic mass is 35.5. The number of benzene rings is 1. The van der Waals surface area contributed by atoms with Crippen LogP contribution in [-0.2, 0) is 4.79 Å². The first kappa shape index (κ1) is 13.5. The van der Waals surface area contributed by atoms with E-state index in [1.165, 1.54) is 6.07 Å². The molecule has 0 aliphatic carbocycles. The summed E-state index contributed by atoms with van der Waals surface area (Å²) in [6.45, 7) is 1.96. The quantitative estimate of drug-likeness (QED) is 0.862. The Morgan fingerprint density at radius 2 is 2.35 bits per heavy atom. The van der Waals surface area contributed by atoms with E-state index in [0.717, 1.165) is 6.42 Å². The van der Waals surface area contributed by atoms with Gasteiger partial charge < -0.3 is 11.1 Å². The van der Waals surface area contributed by atoms with Crippen LogP contribution in [0.25, 0.3) is 0 Å². The van der Waals surface area contributed by atoms with Gasteiger partial charge in [-0.1, -0.05) is 24.9 Å². The molecule has 1 aromatic carbocycles. The summed E-state index contributed by atoms with van der Waals surface area (Å²) in [5.74, 6) is -0.243. The Bertz CT molecular complexity index is 454. The Morgan fingerprint density at radius 1 is 1.65 bits per heavy atom. The topological polar surface area (TPSA) is 78.9 Å². The van der Waals surface area contributed by atoms with Gasteiger partial charge in [-0.15, -0.1) is 0 Å². The second-order valence-electron chi connectivity index (χ2n) is 3.69. The fourth-order valence-corrected chi connectivity index (χ4v) is 1.58. The third kappa shape index (κ3) is 3.74. The molecular weight excluding hydrogens is 238 g/mol. The molecule has 90 valence electrons. The van der Waals surface area contributed by atoms with Gasteiger partial charge in [-0.25, -0.2) is 0 Å². The first-order valence-corrected chi connectivity index (χ1v) is 5.72. The summed E-state index contributed by atoms with van der Waals surface area (Å²) in [7, 11) is 0. The number of nitrogens with two attached hydrogens (primary N) is 1. The molecule has 1 rings (SSSR count). The van der Waals surface area contributed by atoms with E-state index >= 15 is 0 Å². The van der Waals surface area contributed by atoms with Crippen LogP contribution in [-0.4, -0.2) is 11.9 Å². The van der Waals surface area contributed by atoms with Crippen LogP contribution in [0.1, 0.15) is 25.3 Å². The van der Waals surface area contributed by atoms with Crippen LogP contribution in [0.3, 0.4) is 0 Å². The van der Waals surface area contributed by atoms with Crippen LogP contribution in [0.4, 0.5) is 5.69 Å². The molecule has 0 fully saturated rings. The van der Waals surface area contributed by atoms with Crippen molar-refractivity contribution in [2.24, 2.45) is 5.73 Å². The minimum Gasteiger partial charge on any atom is -0.325 e. The monoisotopic (exact) mass is 251 g/mol. The molecule has 0 radical (unpaired) electrons. The van der Waals surface area contributed by atoms with Crippen molar-refractivity contribution in [3.8, 4) is 6.07 Å². The van der Waals surface area contributed by atoms with E-state index in [1.54, 1.807) is 12.1 Å². The highest BCUT2D eigenvalue weighted by Gasteiger charge is 2.12. The molecular formula is C12H14ClN3O. The summed E-state index contributed by atoms with van der Waals surface area (Å²) in [5.41, 5.74) is 6.60. The lowest BCUT2D eigenvalue weighted by Gasteiger charge is -2.11. The van der Waals surface area contributed by atoms with Gasteiger partial charge >= 0.3 is 0 Å². The van der Waals surface area contributed by atoms with Crippen LogP contribution < -0.4 is 11.1 Å². The van der Waals surface area contributed by atoms with Gasteiger partial charge in [0.15, 0.2) is 0 Å². The Kier molecular flexibility index (Phi) is 4.95. The van der Waals surface area contributed by atoms with E-state index in [2.05, 4.69) is 5.32 Å². The predicted octanol–water partition coefficient (Wildman–Crippen LogP) is 2.28. The van der Waals surface area contributed by atoms with Crippen molar-refractivity contribution in [2.45, 2.75) is 25.8 Å². The highest BCUT2D eigenvalue weighted by Crippen LogP contribution is 2.20. The average molecular weight is 252 g/mol. The first-order chi connectivity index (χ1) is 8.08. The van der Waals surface area contributed by atoms with Gasteiger partial charge in [0.05, 0.1) is 16.6 Å².